The molecule has 2 aromatic heterocycles. The first-order valence-electron chi connectivity index (χ1n) is 5.35. The molecule has 0 unspecified atom stereocenters. The molecule has 2 heterocycles. The van der Waals surface area contributed by atoms with E-state index in [1.165, 1.54) is 12.3 Å². The maximum Gasteiger partial charge on any atom is 0.271 e. The standard InChI is InChI=1S/C12H13ClF2N2/c1-7(2)10-5-16-11-9(13)4-8(6-17(10)11)12(3,14)15/h4-7H,1-3H3. The van der Waals surface area contributed by atoms with E-state index < -0.39 is 5.92 Å². The topological polar surface area (TPSA) is 17.3 Å². The van der Waals surface area contributed by atoms with Gasteiger partial charge >= 0.3 is 0 Å². The SMILES string of the molecule is CC(C)c1cnc2c(Cl)cc(C(C)(F)F)cn12. The van der Waals surface area contributed by atoms with Crippen molar-refractivity contribution in [1.82, 2.24) is 9.38 Å². The average Bonchev–Trinajstić information content (AvgIpc) is 2.60. The molecule has 0 aromatic carbocycles. The van der Waals surface area contributed by atoms with Crippen molar-refractivity contribution in [1.29, 1.82) is 0 Å². The number of halogens is 3. The fourth-order valence-electron chi connectivity index (χ4n) is 1.73. The van der Waals surface area contributed by atoms with Crippen molar-refractivity contribution in [2.45, 2.75) is 32.6 Å². The van der Waals surface area contributed by atoms with Gasteiger partial charge in [-0.3, -0.25) is 0 Å². The summed E-state index contributed by atoms with van der Waals surface area (Å²) in [7, 11) is 0. The predicted molar refractivity (Wildman–Crippen MR) is 63.9 cm³/mol. The molecule has 0 aliphatic heterocycles. The van der Waals surface area contributed by atoms with Gasteiger partial charge in [-0.1, -0.05) is 25.4 Å². The summed E-state index contributed by atoms with van der Waals surface area (Å²) in [5.41, 5.74) is 1.28. The highest BCUT2D eigenvalue weighted by atomic mass is 35.5. The van der Waals surface area contributed by atoms with Gasteiger partial charge in [-0.05, 0) is 12.0 Å². The molecular weight excluding hydrogens is 246 g/mol. The van der Waals surface area contributed by atoms with E-state index in [1.54, 1.807) is 10.6 Å². The number of nitrogens with zero attached hydrogens (tertiary/aromatic N) is 2. The van der Waals surface area contributed by atoms with Crippen LogP contribution in [-0.2, 0) is 5.92 Å². The van der Waals surface area contributed by atoms with Crippen LogP contribution in [-0.4, -0.2) is 9.38 Å². The number of alkyl halides is 2. The first-order chi connectivity index (χ1) is 7.80. The molecule has 0 bridgehead atoms. The molecule has 2 rings (SSSR count). The van der Waals surface area contributed by atoms with Gasteiger partial charge in [0, 0.05) is 30.6 Å². The third-order valence-corrected chi connectivity index (χ3v) is 2.97. The van der Waals surface area contributed by atoms with Gasteiger partial charge in [-0.15, -0.1) is 0 Å². The second-order valence-corrected chi connectivity index (χ2v) is 4.90. The molecule has 17 heavy (non-hydrogen) atoms. The molecule has 0 N–H and O–H groups in total. The monoisotopic (exact) mass is 258 g/mol. The Morgan fingerprint density at radius 2 is 2.06 bits per heavy atom. The quantitative estimate of drug-likeness (QED) is 0.788. The van der Waals surface area contributed by atoms with Crippen LogP contribution in [0.15, 0.2) is 18.5 Å². The molecule has 0 fully saturated rings. The summed E-state index contributed by atoms with van der Waals surface area (Å²) in [5.74, 6) is -2.71. The Balaban J connectivity index is 2.74. The van der Waals surface area contributed by atoms with Gasteiger partial charge < -0.3 is 4.40 Å². The summed E-state index contributed by atoms with van der Waals surface area (Å²) < 4.78 is 28.3. The number of fused-ring (bicyclic) bond motifs is 1. The van der Waals surface area contributed by atoms with Crippen LogP contribution in [0, 0.1) is 0 Å². The second-order valence-electron chi connectivity index (χ2n) is 4.50. The van der Waals surface area contributed by atoms with Gasteiger partial charge in [0.1, 0.15) is 0 Å². The van der Waals surface area contributed by atoms with E-state index >= 15 is 0 Å². The average molecular weight is 259 g/mol. The summed E-state index contributed by atoms with van der Waals surface area (Å²) >= 11 is 5.97. The first-order valence-corrected chi connectivity index (χ1v) is 5.73. The van der Waals surface area contributed by atoms with Crippen LogP contribution in [0.3, 0.4) is 0 Å². The van der Waals surface area contributed by atoms with Crippen molar-refractivity contribution in [3.05, 3.63) is 34.7 Å². The summed E-state index contributed by atoms with van der Waals surface area (Å²) in [5, 5.41) is 0.246. The molecule has 0 aliphatic rings. The van der Waals surface area contributed by atoms with Crippen LogP contribution in [0.5, 0.6) is 0 Å². The van der Waals surface area contributed by atoms with Crippen LogP contribution in [0.4, 0.5) is 8.78 Å². The zero-order chi connectivity index (χ0) is 12.8. The lowest BCUT2D eigenvalue weighted by Gasteiger charge is -2.13. The van der Waals surface area contributed by atoms with Crippen molar-refractivity contribution in [3.63, 3.8) is 0 Å². The van der Waals surface area contributed by atoms with Crippen molar-refractivity contribution in [2.75, 3.05) is 0 Å². The molecule has 0 radical (unpaired) electrons. The van der Waals surface area contributed by atoms with Crippen molar-refractivity contribution in [2.24, 2.45) is 0 Å². The van der Waals surface area contributed by atoms with E-state index in [4.69, 9.17) is 11.6 Å². The Morgan fingerprint density at radius 3 is 2.59 bits per heavy atom. The van der Waals surface area contributed by atoms with E-state index in [2.05, 4.69) is 4.98 Å². The molecule has 2 aromatic rings. The Hall–Kier alpha value is -1.16. The zero-order valence-electron chi connectivity index (χ0n) is 9.84. The molecule has 0 spiro atoms. The molecule has 92 valence electrons. The van der Waals surface area contributed by atoms with Crippen LogP contribution in [0.1, 0.15) is 37.9 Å². The van der Waals surface area contributed by atoms with E-state index in [1.807, 2.05) is 13.8 Å². The first kappa shape index (κ1) is 12.3. The smallest absolute Gasteiger partial charge is 0.271 e. The number of hydrogen-bond donors (Lipinski definition) is 0. The Morgan fingerprint density at radius 1 is 1.41 bits per heavy atom. The summed E-state index contributed by atoms with van der Waals surface area (Å²) in [6, 6.07) is 1.27. The number of rotatable bonds is 2. The fourth-order valence-corrected chi connectivity index (χ4v) is 1.99. The maximum atomic E-state index is 13.3. The Kier molecular flexibility index (Phi) is 2.86. The van der Waals surface area contributed by atoms with Gasteiger partial charge in [0.25, 0.3) is 5.92 Å². The van der Waals surface area contributed by atoms with Gasteiger partial charge in [-0.25, -0.2) is 13.8 Å². The molecular formula is C12H13ClF2N2. The lowest BCUT2D eigenvalue weighted by Crippen LogP contribution is -2.09. The Labute approximate surface area is 103 Å². The van der Waals surface area contributed by atoms with E-state index in [9.17, 15) is 8.78 Å². The maximum absolute atomic E-state index is 13.3. The highest BCUT2D eigenvalue weighted by molar-refractivity contribution is 6.33. The molecule has 0 amide bonds. The van der Waals surface area contributed by atoms with Gasteiger partial charge in [0.15, 0.2) is 5.65 Å². The Bertz CT molecular complexity index is 555. The van der Waals surface area contributed by atoms with Crippen molar-refractivity contribution < 1.29 is 8.78 Å². The minimum Gasteiger partial charge on any atom is -0.302 e. The number of aromatic nitrogens is 2. The molecule has 0 saturated heterocycles. The van der Waals surface area contributed by atoms with E-state index in [-0.39, 0.29) is 16.5 Å². The highest BCUT2D eigenvalue weighted by Crippen LogP contribution is 2.31. The van der Waals surface area contributed by atoms with Crippen molar-refractivity contribution >= 4 is 17.2 Å². The zero-order valence-corrected chi connectivity index (χ0v) is 10.6. The fraction of sp³-hybridized carbons (Fsp3) is 0.417. The third kappa shape index (κ3) is 2.14. The van der Waals surface area contributed by atoms with Crippen LogP contribution < -0.4 is 0 Å². The van der Waals surface area contributed by atoms with Gasteiger partial charge in [0.2, 0.25) is 0 Å². The normalized spacial score (nSPS) is 12.6. The summed E-state index contributed by atoms with van der Waals surface area (Å²) in [4.78, 5) is 4.15. The molecule has 0 saturated carbocycles. The number of hydrogen-bond acceptors (Lipinski definition) is 1. The molecule has 5 heteroatoms. The van der Waals surface area contributed by atoms with Gasteiger partial charge in [-0.2, -0.15) is 0 Å². The summed E-state index contributed by atoms with van der Waals surface area (Å²) in [6.45, 7) is 4.82. The van der Waals surface area contributed by atoms with E-state index in [0.717, 1.165) is 12.6 Å². The number of pyridine rings is 1. The number of imidazole rings is 1. The second kappa shape index (κ2) is 3.95. The highest BCUT2D eigenvalue weighted by Gasteiger charge is 2.26. The molecule has 2 nitrogen and oxygen atoms in total. The van der Waals surface area contributed by atoms with Crippen LogP contribution >= 0.6 is 11.6 Å². The lowest BCUT2D eigenvalue weighted by atomic mass is 10.1. The largest absolute Gasteiger partial charge is 0.302 e. The van der Waals surface area contributed by atoms with Crippen molar-refractivity contribution in [3.8, 4) is 0 Å². The minimum atomic E-state index is -2.91. The van der Waals surface area contributed by atoms with Gasteiger partial charge in [0.05, 0.1) is 5.02 Å². The summed E-state index contributed by atoms with van der Waals surface area (Å²) in [6.07, 6.45) is 3.08. The predicted octanol–water partition coefficient (Wildman–Crippen LogP) is 4.22. The van der Waals surface area contributed by atoms with Crippen LogP contribution in [0.25, 0.3) is 5.65 Å². The molecule has 0 atom stereocenters. The molecule has 0 aliphatic carbocycles. The third-order valence-electron chi connectivity index (χ3n) is 2.69. The minimum absolute atomic E-state index is 0.102. The lowest BCUT2D eigenvalue weighted by molar-refractivity contribution is 0.0170. The van der Waals surface area contributed by atoms with Crippen LogP contribution in [0.2, 0.25) is 5.02 Å². The van der Waals surface area contributed by atoms with E-state index in [0.29, 0.717) is 5.65 Å².